The first kappa shape index (κ1) is 13.5. The van der Waals surface area contributed by atoms with Crippen molar-refractivity contribution in [2.24, 2.45) is 5.73 Å². The molecule has 1 heterocycles. The number of benzene rings is 1. The zero-order valence-corrected chi connectivity index (χ0v) is 11.9. The van der Waals surface area contributed by atoms with E-state index in [1.54, 1.807) is 0 Å². The first-order valence-electron chi connectivity index (χ1n) is 6.12. The smallest absolute Gasteiger partial charge is 0.140 e. The molecule has 0 aliphatic carbocycles. The first-order chi connectivity index (χ1) is 9.10. The molecule has 1 aromatic carbocycles. The number of hydrogen-bond donors (Lipinski definition) is 2. The summed E-state index contributed by atoms with van der Waals surface area (Å²) in [7, 11) is 0. The van der Waals surface area contributed by atoms with E-state index in [-0.39, 0.29) is 5.84 Å². The van der Waals surface area contributed by atoms with Gasteiger partial charge in [-0.3, -0.25) is 5.41 Å². The number of nitrogens with zero attached hydrogens (tertiary/aromatic N) is 1. The van der Waals surface area contributed by atoms with E-state index in [0.29, 0.717) is 6.61 Å². The van der Waals surface area contributed by atoms with Crippen LogP contribution in [0.1, 0.15) is 28.1 Å². The Morgan fingerprint density at radius 3 is 2.84 bits per heavy atom. The van der Waals surface area contributed by atoms with Gasteiger partial charge in [-0.05, 0) is 31.0 Å². The monoisotopic (exact) mass is 275 g/mol. The molecular formula is C14H17N3OS. The summed E-state index contributed by atoms with van der Waals surface area (Å²) in [6.45, 7) is 4.44. The van der Waals surface area contributed by atoms with E-state index in [9.17, 15) is 0 Å². The Bertz CT molecular complexity index is 592. The van der Waals surface area contributed by atoms with Crippen molar-refractivity contribution < 1.29 is 4.74 Å². The maximum absolute atomic E-state index is 7.52. The van der Waals surface area contributed by atoms with Crippen LogP contribution in [0.25, 0.3) is 0 Å². The molecule has 0 fully saturated rings. The fourth-order valence-electron chi connectivity index (χ4n) is 1.76. The van der Waals surface area contributed by atoms with Crippen LogP contribution in [-0.4, -0.2) is 10.8 Å². The predicted octanol–water partition coefficient (Wildman–Crippen LogP) is 2.88. The molecule has 0 aliphatic heterocycles. The maximum Gasteiger partial charge on any atom is 0.140 e. The quantitative estimate of drug-likeness (QED) is 0.651. The number of aryl methyl sites for hydroxylation is 2. The number of rotatable bonds is 5. The molecule has 1 aromatic heterocycles. The van der Waals surface area contributed by atoms with Gasteiger partial charge < -0.3 is 10.5 Å². The van der Waals surface area contributed by atoms with Crippen LogP contribution in [0.5, 0.6) is 5.75 Å². The second kappa shape index (κ2) is 5.84. The van der Waals surface area contributed by atoms with Crippen LogP contribution in [0.2, 0.25) is 0 Å². The zero-order valence-electron chi connectivity index (χ0n) is 11.1. The van der Waals surface area contributed by atoms with E-state index in [4.69, 9.17) is 15.9 Å². The molecule has 0 spiro atoms. The van der Waals surface area contributed by atoms with E-state index in [0.717, 1.165) is 33.3 Å². The van der Waals surface area contributed by atoms with E-state index in [1.807, 2.05) is 38.1 Å². The fourth-order valence-corrected chi connectivity index (χ4v) is 2.69. The number of nitrogen functional groups attached to an aromatic ring is 1. The summed E-state index contributed by atoms with van der Waals surface area (Å²) in [6, 6.07) is 7.90. The molecule has 2 rings (SSSR count). The van der Waals surface area contributed by atoms with Crippen LogP contribution in [0.3, 0.4) is 0 Å². The van der Waals surface area contributed by atoms with Gasteiger partial charge in [-0.1, -0.05) is 19.1 Å². The number of thiazole rings is 1. The molecule has 2 aromatic rings. The van der Waals surface area contributed by atoms with Crippen molar-refractivity contribution in [1.29, 1.82) is 5.41 Å². The number of ether oxygens (including phenoxy) is 1. The van der Waals surface area contributed by atoms with Crippen molar-refractivity contribution in [2.45, 2.75) is 26.9 Å². The number of nitrogens with two attached hydrogens (primary N) is 1. The second-order valence-corrected chi connectivity index (χ2v) is 5.34. The summed E-state index contributed by atoms with van der Waals surface area (Å²) < 4.78 is 5.70. The third kappa shape index (κ3) is 3.32. The van der Waals surface area contributed by atoms with E-state index in [2.05, 4.69) is 4.98 Å². The zero-order chi connectivity index (χ0) is 13.8. The number of aromatic nitrogens is 1. The summed E-state index contributed by atoms with van der Waals surface area (Å²) >= 11 is 1.43. The lowest BCUT2D eigenvalue weighted by Crippen LogP contribution is -2.11. The summed E-state index contributed by atoms with van der Waals surface area (Å²) in [5.41, 5.74) is 7.58. The van der Waals surface area contributed by atoms with Gasteiger partial charge in [-0.15, -0.1) is 11.3 Å². The minimum atomic E-state index is 0.0798. The van der Waals surface area contributed by atoms with Gasteiger partial charge in [0, 0.05) is 0 Å². The molecular weight excluding hydrogens is 258 g/mol. The van der Waals surface area contributed by atoms with Gasteiger partial charge in [0.15, 0.2) is 0 Å². The van der Waals surface area contributed by atoms with E-state index >= 15 is 0 Å². The molecule has 0 atom stereocenters. The summed E-state index contributed by atoms with van der Waals surface area (Å²) in [4.78, 5) is 5.22. The Morgan fingerprint density at radius 1 is 1.47 bits per heavy atom. The Hall–Kier alpha value is -1.88. The standard InChI is InChI=1S/C14H17N3OS/c1-3-11-13(14(15)16)19-12(17-11)8-18-10-6-4-5-9(2)7-10/h4-7H,3,8H2,1-2H3,(H3,15,16). The van der Waals surface area contributed by atoms with Crippen molar-refractivity contribution in [3.63, 3.8) is 0 Å². The van der Waals surface area contributed by atoms with Gasteiger partial charge in [0.05, 0.1) is 10.6 Å². The van der Waals surface area contributed by atoms with Crippen molar-refractivity contribution in [3.05, 3.63) is 45.4 Å². The van der Waals surface area contributed by atoms with Crippen LogP contribution in [0, 0.1) is 12.3 Å². The molecule has 0 saturated carbocycles. The highest BCUT2D eigenvalue weighted by molar-refractivity contribution is 7.13. The molecule has 0 unspecified atom stereocenters. The summed E-state index contributed by atoms with van der Waals surface area (Å²) in [5, 5.41) is 8.38. The average molecular weight is 275 g/mol. The summed E-state index contributed by atoms with van der Waals surface area (Å²) in [5.74, 6) is 0.911. The largest absolute Gasteiger partial charge is 0.486 e. The van der Waals surface area contributed by atoms with Gasteiger partial charge in [-0.2, -0.15) is 0 Å². The van der Waals surface area contributed by atoms with Gasteiger partial charge in [0.1, 0.15) is 23.2 Å². The van der Waals surface area contributed by atoms with Crippen LogP contribution in [0.15, 0.2) is 24.3 Å². The third-order valence-corrected chi connectivity index (χ3v) is 3.78. The third-order valence-electron chi connectivity index (χ3n) is 2.67. The number of amidine groups is 1. The first-order valence-corrected chi connectivity index (χ1v) is 6.94. The minimum Gasteiger partial charge on any atom is -0.486 e. The van der Waals surface area contributed by atoms with Gasteiger partial charge >= 0.3 is 0 Å². The van der Waals surface area contributed by atoms with Gasteiger partial charge in [0.2, 0.25) is 0 Å². The average Bonchev–Trinajstić information content (AvgIpc) is 2.80. The molecule has 4 nitrogen and oxygen atoms in total. The molecule has 0 amide bonds. The van der Waals surface area contributed by atoms with Crippen LogP contribution < -0.4 is 10.5 Å². The minimum absolute atomic E-state index is 0.0798. The number of hydrogen-bond acceptors (Lipinski definition) is 4. The molecule has 0 radical (unpaired) electrons. The number of nitrogens with one attached hydrogen (secondary N) is 1. The molecule has 19 heavy (non-hydrogen) atoms. The van der Waals surface area contributed by atoms with Gasteiger partial charge in [0.25, 0.3) is 0 Å². The highest BCUT2D eigenvalue weighted by atomic mass is 32.1. The lowest BCUT2D eigenvalue weighted by molar-refractivity contribution is 0.305. The SMILES string of the molecule is CCc1nc(COc2cccc(C)c2)sc1C(=N)N. The molecule has 100 valence electrons. The predicted molar refractivity (Wildman–Crippen MR) is 78.0 cm³/mol. The Morgan fingerprint density at radius 2 is 2.26 bits per heavy atom. The molecule has 3 N–H and O–H groups in total. The fraction of sp³-hybridized carbons (Fsp3) is 0.286. The van der Waals surface area contributed by atoms with Crippen molar-refractivity contribution in [2.75, 3.05) is 0 Å². The maximum atomic E-state index is 7.52. The topological polar surface area (TPSA) is 72.0 Å². The second-order valence-electron chi connectivity index (χ2n) is 4.26. The van der Waals surface area contributed by atoms with Crippen molar-refractivity contribution in [1.82, 2.24) is 4.98 Å². The lowest BCUT2D eigenvalue weighted by atomic mass is 10.2. The van der Waals surface area contributed by atoms with Gasteiger partial charge in [-0.25, -0.2) is 4.98 Å². The van der Waals surface area contributed by atoms with Crippen molar-refractivity contribution >= 4 is 17.2 Å². The molecule has 5 heteroatoms. The molecule has 0 saturated heterocycles. The highest BCUT2D eigenvalue weighted by Crippen LogP contribution is 2.21. The summed E-state index contributed by atoms with van der Waals surface area (Å²) in [6.07, 6.45) is 0.774. The Kier molecular flexibility index (Phi) is 4.16. The highest BCUT2D eigenvalue weighted by Gasteiger charge is 2.12. The van der Waals surface area contributed by atoms with Crippen LogP contribution in [0.4, 0.5) is 0 Å². The van der Waals surface area contributed by atoms with Crippen LogP contribution in [-0.2, 0) is 13.0 Å². The van der Waals surface area contributed by atoms with E-state index in [1.165, 1.54) is 11.3 Å². The lowest BCUT2D eigenvalue weighted by Gasteiger charge is -2.04. The Labute approximate surface area is 116 Å². The normalized spacial score (nSPS) is 10.4. The molecule has 0 bridgehead atoms. The van der Waals surface area contributed by atoms with Crippen molar-refractivity contribution in [3.8, 4) is 5.75 Å². The molecule has 0 aliphatic rings. The van der Waals surface area contributed by atoms with Crippen LogP contribution >= 0.6 is 11.3 Å². The Balaban J connectivity index is 2.09. The van der Waals surface area contributed by atoms with E-state index < -0.39 is 0 Å².